The number of carbonyl (C=O) groups is 1. The minimum atomic E-state index is 0.149. The summed E-state index contributed by atoms with van der Waals surface area (Å²) in [5.74, 6) is 0.689. The molecule has 2 heterocycles. The molecule has 120 valence electrons. The maximum absolute atomic E-state index is 13.2. The van der Waals surface area contributed by atoms with Crippen molar-refractivity contribution in [2.24, 2.45) is 0 Å². The molecule has 2 fully saturated rings. The number of hydrogen-bond donors (Lipinski definition) is 1. The molecule has 2 aromatic rings. The predicted octanol–water partition coefficient (Wildman–Crippen LogP) is 3.23. The molecule has 0 unspecified atom stereocenters. The van der Waals surface area contributed by atoms with Crippen LogP contribution in [-0.4, -0.2) is 42.0 Å². The highest BCUT2D eigenvalue weighted by Crippen LogP contribution is 2.42. The number of amides is 1. The monoisotopic (exact) mass is 373 g/mol. The fourth-order valence-corrected chi connectivity index (χ4v) is 3.77. The molecule has 0 spiro atoms. The molecule has 1 N–H and O–H groups in total. The van der Waals surface area contributed by atoms with Crippen LogP contribution in [0.1, 0.15) is 40.4 Å². The SMILES string of the molecule is Cc1c(C2CC2)nc2ccc(Br)cc2c1C(=O)N1CCNCC1. The molecular formula is C18H20BrN3O. The van der Waals surface area contributed by atoms with Crippen LogP contribution in [0.25, 0.3) is 10.9 Å². The first-order valence-electron chi connectivity index (χ1n) is 8.25. The van der Waals surface area contributed by atoms with E-state index in [1.54, 1.807) is 0 Å². The van der Waals surface area contributed by atoms with E-state index in [0.717, 1.165) is 58.4 Å². The lowest BCUT2D eigenvalue weighted by molar-refractivity contribution is 0.0737. The van der Waals surface area contributed by atoms with Gasteiger partial charge in [0.25, 0.3) is 5.91 Å². The maximum Gasteiger partial charge on any atom is 0.254 e. The van der Waals surface area contributed by atoms with Crippen LogP contribution in [0.4, 0.5) is 0 Å². The molecule has 4 nitrogen and oxygen atoms in total. The zero-order valence-corrected chi connectivity index (χ0v) is 14.8. The third-order valence-electron chi connectivity index (χ3n) is 4.81. The van der Waals surface area contributed by atoms with Crippen molar-refractivity contribution < 1.29 is 4.79 Å². The van der Waals surface area contributed by atoms with Gasteiger partial charge in [0.1, 0.15) is 0 Å². The second-order valence-corrected chi connectivity index (χ2v) is 7.39. The number of pyridine rings is 1. The van der Waals surface area contributed by atoms with E-state index in [2.05, 4.69) is 28.2 Å². The topological polar surface area (TPSA) is 45.2 Å². The number of rotatable bonds is 2. The molecule has 2 aliphatic rings. The maximum atomic E-state index is 13.2. The van der Waals surface area contributed by atoms with Gasteiger partial charge >= 0.3 is 0 Å². The van der Waals surface area contributed by atoms with Crippen molar-refractivity contribution in [3.8, 4) is 0 Å². The summed E-state index contributed by atoms with van der Waals surface area (Å²) in [7, 11) is 0. The average molecular weight is 374 g/mol. The Hall–Kier alpha value is -1.46. The lowest BCUT2D eigenvalue weighted by atomic mass is 9.98. The Balaban J connectivity index is 1.89. The highest BCUT2D eigenvalue weighted by Gasteiger charge is 2.31. The molecule has 1 saturated carbocycles. The number of halogens is 1. The molecule has 0 atom stereocenters. The number of hydrogen-bond acceptors (Lipinski definition) is 3. The summed E-state index contributed by atoms with van der Waals surface area (Å²) in [5.41, 5.74) is 3.97. The molecule has 0 radical (unpaired) electrons. The van der Waals surface area contributed by atoms with Gasteiger partial charge in [-0.15, -0.1) is 0 Å². The Morgan fingerprint density at radius 2 is 2.04 bits per heavy atom. The molecule has 1 saturated heterocycles. The van der Waals surface area contributed by atoms with Gasteiger partial charge in [0, 0.05) is 47.6 Å². The molecular weight excluding hydrogens is 354 g/mol. The number of fused-ring (bicyclic) bond motifs is 1. The quantitative estimate of drug-likeness (QED) is 0.878. The summed E-state index contributed by atoms with van der Waals surface area (Å²) in [5, 5.41) is 4.27. The fraction of sp³-hybridized carbons (Fsp3) is 0.444. The van der Waals surface area contributed by atoms with E-state index in [-0.39, 0.29) is 5.91 Å². The van der Waals surface area contributed by atoms with E-state index in [9.17, 15) is 4.79 Å². The first-order chi connectivity index (χ1) is 11.1. The smallest absolute Gasteiger partial charge is 0.254 e. The zero-order chi connectivity index (χ0) is 16.0. The molecule has 1 aliphatic carbocycles. The summed E-state index contributed by atoms with van der Waals surface area (Å²) < 4.78 is 0.986. The normalized spacial score (nSPS) is 18.4. The summed E-state index contributed by atoms with van der Waals surface area (Å²) in [4.78, 5) is 20.0. The van der Waals surface area contributed by atoms with Gasteiger partial charge in [-0.2, -0.15) is 0 Å². The Kier molecular flexibility index (Phi) is 3.85. The summed E-state index contributed by atoms with van der Waals surface area (Å²) >= 11 is 3.53. The number of nitrogens with one attached hydrogen (secondary N) is 1. The second-order valence-electron chi connectivity index (χ2n) is 6.47. The van der Waals surface area contributed by atoms with Gasteiger partial charge in [0.15, 0.2) is 0 Å². The van der Waals surface area contributed by atoms with Crippen molar-refractivity contribution in [3.05, 3.63) is 39.5 Å². The van der Waals surface area contributed by atoms with Crippen LogP contribution in [0.3, 0.4) is 0 Å². The van der Waals surface area contributed by atoms with Gasteiger partial charge in [0.2, 0.25) is 0 Å². The van der Waals surface area contributed by atoms with Crippen LogP contribution in [0.2, 0.25) is 0 Å². The van der Waals surface area contributed by atoms with Crippen molar-refractivity contribution in [1.82, 2.24) is 15.2 Å². The van der Waals surface area contributed by atoms with E-state index < -0.39 is 0 Å². The number of nitrogens with zero attached hydrogens (tertiary/aromatic N) is 2. The van der Waals surface area contributed by atoms with Crippen molar-refractivity contribution in [2.75, 3.05) is 26.2 Å². The Morgan fingerprint density at radius 3 is 2.74 bits per heavy atom. The van der Waals surface area contributed by atoms with E-state index in [1.807, 2.05) is 23.1 Å². The second kappa shape index (κ2) is 5.87. The molecule has 1 aliphatic heterocycles. The summed E-state index contributed by atoms with van der Waals surface area (Å²) in [6.45, 7) is 5.35. The highest BCUT2D eigenvalue weighted by molar-refractivity contribution is 9.10. The van der Waals surface area contributed by atoms with Gasteiger partial charge in [-0.3, -0.25) is 9.78 Å². The molecule has 4 rings (SSSR count). The Morgan fingerprint density at radius 1 is 1.30 bits per heavy atom. The molecule has 23 heavy (non-hydrogen) atoms. The van der Waals surface area contributed by atoms with Gasteiger partial charge in [0.05, 0.1) is 11.1 Å². The third kappa shape index (κ3) is 2.76. The molecule has 1 amide bonds. The van der Waals surface area contributed by atoms with Gasteiger partial charge < -0.3 is 10.2 Å². The third-order valence-corrected chi connectivity index (χ3v) is 5.30. The van der Waals surface area contributed by atoms with Crippen LogP contribution in [0, 0.1) is 6.92 Å². The Bertz CT molecular complexity index is 779. The number of benzene rings is 1. The van der Waals surface area contributed by atoms with E-state index >= 15 is 0 Å². The average Bonchev–Trinajstić information content (AvgIpc) is 3.39. The first kappa shape index (κ1) is 15.1. The molecule has 5 heteroatoms. The largest absolute Gasteiger partial charge is 0.336 e. The van der Waals surface area contributed by atoms with Crippen LogP contribution >= 0.6 is 15.9 Å². The molecule has 1 aromatic carbocycles. The van der Waals surface area contributed by atoms with Crippen molar-refractivity contribution in [3.63, 3.8) is 0 Å². The molecule has 1 aromatic heterocycles. The Labute approximate surface area is 144 Å². The van der Waals surface area contributed by atoms with Crippen LogP contribution in [0.15, 0.2) is 22.7 Å². The van der Waals surface area contributed by atoms with E-state index in [4.69, 9.17) is 4.98 Å². The van der Waals surface area contributed by atoms with Gasteiger partial charge in [-0.1, -0.05) is 15.9 Å². The van der Waals surface area contributed by atoms with Crippen LogP contribution in [-0.2, 0) is 0 Å². The summed E-state index contributed by atoms with van der Waals surface area (Å²) in [6, 6.07) is 6.04. The molecule has 0 bridgehead atoms. The fourth-order valence-electron chi connectivity index (χ4n) is 3.41. The summed E-state index contributed by atoms with van der Waals surface area (Å²) in [6.07, 6.45) is 2.38. The van der Waals surface area contributed by atoms with Crippen molar-refractivity contribution in [1.29, 1.82) is 0 Å². The van der Waals surface area contributed by atoms with E-state index in [1.165, 1.54) is 12.8 Å². The predicted molar refractivity (Wildman–Crippen MR) is 94.9 cm³/mol. The number of aromatic nitrogens is 1. The van der Waals surface area contributed by atoms with E-state index in [0.29, 0.717) is 5.92 Å². The van der Waals surface area contributed by atoms with Crippen LogP contribution < -0.4 is 5.32 Å². The van der Waals surface area contributed by atoms with Gasteiger partial charge in [-0.25, -0.2) is 0 Å². The standard InChI is InChI=1S/C18H20BrN3O/c1-11-16(18(23)22-8-6-20-7-9-22)14-10-13(19)4-5-15(14)21-17(11)12-2-3-12/h4-5,10,12,20H,2-3,6-9H2,1H3. The highest BCUT2D eigenvalue weighted by atomic mass is 79.9. The van der Waals surface area contributed by atoms with Crippen molar-refractivity contribution >= 4 is 32.7 Å². The van der Waals surface area contributed by atoms with Gasteiger partial charge in [-0.05, 0) is 43.5 Å². The minimum Gasteiger partial charge on any atom is -0.336 e. The van der Waals surface area contributed by atoms with Crippen molar-refractivity contribution in [2.45, 2.75) is 25.7 Å². The number of piperazine rings is 1. The lowest BCUT2D eigenvalue weighted by Gasteiger charge is -2.28. The first-order valence-corrected chi connectivity index (χ1v) is 9.04. The lowest BCUT2D eigenvalue weighted by Crippen LogP contribution is -2.46. The van der Waals surface area contributed by atoms with Crippen LogP contribution in [0.5, 0.6) is 0 Å². The number of carbonyl (C=O) groups excluding carboxylic acids is 1. The zero-order valence-electron chi connectivity index (χ0n) is 13.2. The minimum absolute atomic E-state index is 0.149.